The third-order valence-electron chi connectivity index (χ3n) is 7.79. The zero-order chi connectivity index (χ0) is 23.8. The number of carbonyl (C=O) groups excluding carboxylic acids is 4. The van der Waals surface area contributed by atoms with Crippen LogP contribution >= 0.6 is 0 Å². The van der Waals surface area contributed by atoms with Crippen LogP contribution in [0.4, 0.5) is 4.79 Å². The molecule has 4 fully saturated rings. The third kappa shape index (κ3) is 4.35. The van der Waals surface area contributed by atoms with Gasteiger partial charge in [-0.1, -0.05) is 12.1 Å². The van der Waals surface area contributed by atoms with Crippen LogP contribution < -0.4 is 10.1 Å². The molecule has 2 bridgehead atoms. The van der Waals surface area contributed by atoms with E-state index in [4.69, 9.17) is 4.74 Å². The van der Waals surface area contributed by atoms with Crippen molar-refractivity contribution < 1.29 is 23.9 Å². The normalized spacial score (nSPS) is 28.6. The molecule has 9 nitrogen and oxygen atoms in total. The van der Waals surface area contributed by atoms with Crippen molar-refractivity contribution in [1.82, 2.24) is 20.0 Å². The summed E-state index contributed by atoms with van der Waals surface area (Å²) >= 11 is 0. The van der Waals surface area contributed by atoms with Gasteiger partial charge >= 0.3 is 6.03 Å². The second kappa shape index (κ2) is 9.27. The predicted octanol–water partition coefficient (Wildman–Crippen LogP) is 1.76. The smallest absolute Gasteiger partial charge is 0.325 e. The second-order valence-electron chi connectivity index (χ2n) is 9.98. The molecule has 0 aromatic heterocycles. The van der Waals surface area contributed by atoms with Gasteiger partial charge in [0, 0.05) is 38.5 Å². The lowest BCUT2D eigenvalue weighted by atomic mass is 9.76. The molecule has 4 aliphatic rings. The number of ether oxygens (including phenoxy) is 1. The van der Waals surface area contributed by atoms with Gasteiger partial charge in [-0.2, -0.15) is 0 Å². The van der Waals surface area contributed by atoms with Crippen LogP contribution in [0.3, 0.4) is 0 Å². The minimum atomic E-state index is -0.676. The topological polar surface area (TPSA) is 99.3 Å². The Kier molecular flexibility index (Phi) is 6.18. The van der Waals surface area contributed by atoms with Crippen molar-refractivity contribution in [3.05, 3.63) is 29.8 Å². The average Bonchev–Trinajstić information content (AvgIpc) is 3.11. The summed E-state index contributed by atoms with van der Waals surface area (Å²) < 4.78 is 5.14. The molecular formula is C25H32N4O5. The Morgan fingerprint density at radius 3 is 2.68 bits per heavy atom. The number of fused-ring (bicyclic) bond motifs is 4. The molecule has 34 heavy (non-hydrogen) atoms. The summed E-state index contributed by atoms with van der Waals surface area (Å²) in [6.07, 6.45) is 4.20. The number of benzene rings is 1. The summed E-state index contributed by atoms with van der Waals surface area (Å²) in [7, 11) is 1.58. The number of methoxy groups -OCH3 is 1. The first-order valence-corrected chi connectivity index (χ1v) is 12.2. The van der Waals surface area contributed by atoms with Crippen LogP contribution in [0.1, 0.15) is 44.1 Å². The number of piperidine rings is 3. The van der Waals surface area contributed by atoms with Gasteiger partial charge in [0.25, 0.3) is 5.91 Å². The Balaban J connectivity index is 1.14. The molecule has 0 spiro atoms. The van der Waals surface area contributed by atoms with E-state index in [1.54, 1.807) is 19.2 Å². The number of imide groups is 1. The number of nitrogens with one attached hydrogen (secondary N) is 1. The fourth-order valence-corrected chi connectivity index (χ4v) is 6.08. The van der Waals surface area contributed by atoms with Crippen LogP contribution in [0.25, 0.3) is 0 Å². The van der Waals surface area contributed by atoms with E-state index >= 15 is 0 Å². The summed E-state index contributed by atoms with van der Waals surface area (Å²) in [6, 6.07) is 6.39. The van der Waals surface area contributed by atoms with Gasteiger partial charge in [0.05, 0.1) is 13.7 Å². The van der Waals surface area contributed by atoms with E-state index < -0.39 is 12.1 Å². The predicted molar refractivity (Wildman–Crippen MR) is 123 cm³/mol. The number of likely N-dealkylation sites (tertiary alicyclic amines) is 1. The minimum Gasteiger partial charge on any atom is -0.497 e. The van der Waals surface area contributed by atoms with E-state index in [0.717, 1.165) is 31.4 Å². The number of hydrogen-bond acceptors (Lipinski definition) is 5. The molecule has 5 amide bonds. The Bertz CT molecular complexity index is 980. The maximum atomic E-state index is 13.0. The van der Waals surface area contributed by atoms with Crippen molar-refractivity contribution in [2.75, 3.05) is 26.7 Å². The quantitative estimate of drug-likeness (QED) is 0.642. The third-order valence-corrected chi connectivity index (χ3v) is 7.79. The van der Waals surface area contributed by atoms with Crippen LogP contribution in [-0.2, 0) is 20.9 Å². The number of rotatable bonds is 6. The Morgan fingerprint density at radius 2 is 1.91 bits per heavy atom. The molecular weight excluding hydrogens is 436 g/mol. The lowest BCUT2D eigenvalue weighted by molar-refractivity contribution is -0.148. The maximum Gasteiger partial charge on any atom is 0.325 e. The van der Waals surface area contributed by atoms with E-state index in [0.29, 0.717) is 43.5 Å². The lowest BCUT2D eigenvalue weighted by Crippen LogP contribution is -2.61. The first-order chi connectivity index (χ1) is 16.4. The molecule has 0 saturated carbocycles. The number of urea groups is 1. The second-order valence-corrected chi connectivity index (χ2v) is 9.98. The number of nitrogens with zero attached hydrogens (tertiary/aromatic N) is 3. The van der Waals surface area contributed by atoms with Gasteiger partial charge in [-0.25, -0.2) is 4.79 Å². The molecule has 1 aromatic carbocycles. The van der Waals surface area contributed by atoms with Crippen molar-refractivity contribution in [3.8, 4) is 5.75 Å². The molecule has 4 atom stereocenters. The zero-order valence-electron chi connectivity index (χ0n) is 19.6. The Morgan fingerprint density at radius 1 is 1.12 bits per heavy atom. The molecule has 4 heterocycles. The first kappa shape index (κ1) is 22.7. The van der Waals surface area contributed by atoms with Crippen molar-refractivity contribution in [3.63, 3.8) is 0 Å². The number of amides is 5. The SMILES string of the molecule is COc1ccc(CN2C(=O)N[C@@H](CCC(=O)N3C[C@H]4C[C@@H](C3)[C@@H]3CCCC(=O)N3C4)C2=O)cc1. The fourth-order valence-electron chi connectivity index (χ4n) is 6.08. The van der Waals surface area contributed by atoms with Crippen molar-refractivity contribution >= 4 is 23.8 Å². The first-order valence-electron chi connectivity index (χ1n) is 12.2. The highest BCUT2D eigenvalue weighted by atomic mass is 16.5. The molecule has 4 aliphatic heterocycles. The van der Waals surface area contributed by atoms with Gasteiger partial charge in [-0.05, 0) is 55.2 Å². The summed E-state index contributed by atoms with van der Waals surface area (Å²) in [5, 5.41) is 2.73. The summed E-state index contributed by atoms with van der Waals surface area (Å²) in [5.74, 6) is 1.38. The lowest BCUT2D eigenvalue weighted by Gasteiger charge is -2.52. The van der Waals surface area contributed by atoms with Crippen molar-refractivity contribution in [1.29, 1.82) is 0 Å². The van der Waals surface area contributed by atoms with Gasteiger partial charge in [-0.3, -0.25) is 19.3 Å². The van der Waals surface area contributed by atoms with Gasteiger partial charge in [-0.15, -0.1) is 0 Å². The zero-order valence-corrected chi connectivity index (χ0v) is 19.6. The molecule has 0 unspecified atom stereocenters. The highest BCUT2D eigenvalue weighted by molar-refractivity contribution is 6.04. The Hall–Kier alpha value is -3.10. The highest BCUT2D eigenvalue weighted by Crippen LogP contribution is 2.38. The van der Waals surface area contributed by atoms with Gasteiger partial charge < -0.3 is 19.9 Å². The maximum absolute atomic E-state index is 13.0. The molecule has 5 rings (SSSR count). The number of carbonyl (C=O) groups is 4. The molecule has 4 saturated heterocycles. The largest absolute Gasteiger partial charge is 0.497 e. The van der Waals surface area contributed by atoms with Crippen LogP contribution in [0.2, 0.25) is 0 Å². The van der Waals surface area contributed by atoms with E-state index in [1.165, 1.54) is 4.90 Å². The van der Waals surface area contributed by atoms with Gasteiger partial charge in [0.2, 0.25) is 11.8 Å². The minimum absolute atomic E-state index is 0.0286. The molecule has 0 radical (unpaired) electrons. The van der Waals surface area contributed by atoms with Crippen LogP contribution in [-0.4, -0.2) is 77.3 Å². The molecule has 9 heteroatoms. The standard InChI is InChI=1S/C25H32N4O5/c1-34-19-7-5-16(6-8-19)13-29-24(32)20(26-25(29)33)9-10-22(30)27-12-17-11-18(15-27)21-3-2-4-23(31)28(21)14-17/h5-8,17-18,20-21H,2-4,9-15H2,1H3,(H,26,33)/t17-,18+,20+,21+/m1/s1. The van der Waals surface area contributed by atoms with E-state index in [-0.39, 0.29) is 36.7 Å². The number of hydrogen-bond donors (Lipinski definition) is 1. The van der Waals surface area contributed by atoms with Crippen molar-refractivity contribution in [2.45, 2.75) is 57.2 Å². The summed E-state index contributed by atoms with van der Waals surface area (Å²) in [6.45, 7) is 2.28. The monoisotopic (exact) mass is 468 g/mol. The van der Waals surface area contributed by atoms with E-state index in [2.05, 4.69) is 10.2 Å². The van der Waals surface area contributed by atoms with Crippen molar-refractivity contribution in [2.24, 2.45) is 11.8 Å². The van der Waals surface area contributed by atoms with E-state index in [9.17, 15) is 19.2 Å². The van der Waals surface area contributed by atoms with Crippen LogP contribution in [0.15, 0.2) is 24.3 Å². The fraction of sp³-hybridized carbons (Fsp3) is 0.600. The van der Waals surface area contributed by atoms with Crippen LogP contribution in [0, 0.1) is 11.8 Å². The molecule has 0 aliphatic carbocycles. The Labute approximate surface area is 199 Å². The van der Waals surface area contributed by atoms with E-state index in [1.807, 2.05) is 17.0 Å². The molecule has 182 valence electrons. The molecule has 1 aromatic rings. The van der Waals surface area contributed by atoms with Gasteiger partial charge in [0.1, 0.15) is 11.8 Å². The average molecular weight is 469 g/mol. The van der Waals surface area contributed by atoms with Crippen LogP contribution in [0.5, 0.6) is 5.75 Å². The summed E-state index contributed by atoms with van der Waals surface area (Å²) in [5.41, 5.74) is 0.830. The molecule has 1 N–H and O–H groups in total. The highest BCUT2D eigenvalue weighted by Gasteiger charge is 2.45. The van der Waals surface area contributed by atoms with Gasteiger partial charge in [0.15, 0.2) is 0 Å². The summed E-state index contributed by atoms with van der Waals surface area (Å²) in [4.78, 5) is 55.8.